The zero-order valence-electron chi connectivity index (χ0n) is 22.6. The van der Waals surface area contributed by atoms with Crippen molar-refractivity contribution in [1.29, 1.82) is 0 Å². The summed E-state index contributed by atoms with van der Waals surface area (Å²) < 4.78 is 10.7. The summed E-state index contributed by atoms with van der Waals surface area (Å²) in [6.07, 6.45) is 7.64. The van der Waals surface area contributed by atoms with Crippen LogP contribution in [0.2, 0.25) is 0 Å². The molecule has 200 valence electrons. The lowest BCUT2D eigenvalue weighted by Gasteiger charge is -2.13. The van der Waals surface area contributed by atoms with Crippen LogP contribution in [0.15, 0.2) is 47.5 Å². The number of anilines is 1. The maximum atomic E-state index is 13.7. The fourth-order valence-electron chi connectivity index (χ4n) is 4.56. The molecule has 1 aromatic heterocycles. The molecular weight excluding hydrogens is 496 g/mol. The van der Waals surface area contributed by atoms with Crippen LogP contribution in [-0.2, 0) is 22.4 Å². The van der Waals surface area contributed by atoms with Gasteiger partial charge in [-0.3, -0.25) is 4.79 Å². The predicted molar refractivity (Wildman–Crippen MR) is 154 cm³/mol. The first-order chi connectivity index (χ1) is 18.4. The van der Waals surface area contributed by atoms with Crippen LogP contribution in [0.3, 0.4) is 0 Å². The molecule has 0 saturated heterocycles. The number of aliphatic imine (C=N–C) groups is 1. The normalized spacial score (nSPS) is 14.3. The molecule has 1 aliphatic carbocycles. The van der Waals surface area contributed by atoms with Gasteiger partial charge in [-0.25, -0.2) is 9.79 Å². The van der Waals surface area contributed by atoms with E-state index in [2.05, 4.69) is 11.4 Å². The number of nitrogens with zero attached hydrogens (tertiary/aromatic N) is 1. The average molecular weight is 533 g/mol. The first kappa shape index (κ1) is 27.6. The van der Waals surface area contributed by atoms with Gasteiger partial charge in [0, 0.05) is 16.8 Å². The third kappa shape index (κ3) is 6.90. The third-order valence-electron chi connectivity index (χ3n) is 6.66. The zero-order chi connectivity index (χ0) is 27.1. The van der Waals surface area contributed by atoms with Crippen molar-refractivity contribution >= 4 is 40.1 Å². The Balaban J connectivity index is 1.58. The molecule has 0 unspecified atom stereocenters. The number of carbonyl (C=O) groups excluding carboxylic acids is 2. The summed E-state index contributed by atoms with van der Waals surface area (Å²) in [5, 5.41) is 3.91. The molecule has 1 atom stereocenters. The molecule has 7 heteroatoms. The molecule has 0 fully saturated rings. The van der Waals surface area contributed by atoms with Crippen molar-refractivity contribution in [3.8, 4) is 5.75 Å². The zero-order valence-corrected chi connectivity index (χ0v) is 23.5. The number of hydrogen-bond acceptors (Lipinski definition) is 6. The first-order valence-corrected chi connectivity index (χ1v) is 14.2. The molecule has 0 radical (unpaired) electrons. The Morgan fingerprint density at radius 1 is 1.05 bits per heavy atom. The van der Waals surface area contributed by atoms with Gasteiger partial charge in [0.1, 0.15) is 10.8 Å². The minimum atomic E-state index is -0.682. The van der Waals surface area contributed by atoms with Gasteiger partial charge < -0.3 is 14.8 Å². The molecule has 2 aromatic carbocycles. The molecule has 1 aliphatic rings. The van der Waals surface area contributed by atoms with Gasteiger partial charge in [-0.15, -0.1) is 11.3 Å². The smallest absolute Gasteiger partial charge is 0.347 e. The summed E-state index contributed by atoms with van der Waals surface area (Å²) in [7, 11) is 0. The highest BCUT2D eigenvalue weighted by Crippen LogP contribution is 2.39. The molecule has 0 spiro atoms. The van der Waals surface area contributed by atoms with Crippen LogP contribution in [0.5, 0.6) is 5.75 Å². The van der Waals surface area contributed by atoms with E-state index in [-0.39, 0.29) is 5.91 Å². The summed E-state index contributed by atoms with van der Waals surface area (Å²) in [6, 6.07) is 13.5. The number of rotatable bonds is 8. The fourth-order valence-corrected chi connectivity index (χ4v) is 5.79. The van der Waals surface area contributed by atoms with Crippen LogP contribution in [0, 0.1) is 13.8 Å². The lowest BCUT2D eigenvalue weighted by molar-refractivity contribution is -0.150. The second-order valence-electron chi connectivity index (χ2n) is 9.71. The van der Waals surface area contributed by atoms with Crippen molar-refractivity contribution in [2.45, 2.75) is 72.3 Å². The van der Waals surface area contributed by atoms with Crippen molar-refractivity contribution < 1.29 is 19.1 Å². The average Bonchev–Trinajstić information content (AvgIpc) is 3.22. The summed E-state index contributed by atoms with van der Waals surface area (Å²) in [4.78, 5) is 31.6. The van der Waals surface area contributed by atoms with Crippen LogP contribution >= 0.6 is 11.3 Å². The van der Waals surface area contributed by atoms with Crippen molar-refractivity contribution in [3.05, 3.63) is 75.2 Å². The number of nitrogens with one attached hydrogen (secondary N) is 1. The first-order valence-electron chi connectivity index (χ1n) is 13.4. The molecule has 4 rings (SSSR count). The van der Waals surface area contributed by atoms with Crippen LogP contribution < -0.4 is 10.1 Å². The maximum Gasteiger partial charge on any atom is 0.347 e. The Morgan fingerprint density at radius 2 is 1.79 bits per heavy atom. The molecule has 0 saturated carbocycles. The molecule has 0 aliphatic heterocycles. The van der Waals surface area contributed by atoms with E-state index < -0.39 is 12.1 Å². The molecule has 6 nitrogen and oxygen atoms in total. The van der Waals surface area contributed by atoms with Crippen molar-refractivity contribution in [3.63, 3.8) is 0 Å². The number of benzene rings is 2. The summed E-state index contributed by atoms with van der Waals surface area (Å²) in [5.74, 6) is 0.0917. The monoisotopic (exact) mass is 532 g/mol. The van der Waals surface area contributed by atoms with Gasteiger partial charge in [-0.2, -0.15) is 0 Å². The number of amides is 1. The lowest BCUT2D eigenvalue weighted by atomic mass is 9.96. The SMILES string of the molecule is CCOC(=O)[C@H](C)Oc1ccc(C=Nc2sc3c(c2C(=O)Nc2cc(C)ccc2C)CCCCCC3)cc1. The van der Waals surface area contributed by atoms with Gasteiger partial charge in [0.05, 0.1) is 12.2 Å². The molecule has 1 N–H and O–H groups in total. The second-order valence-corrected chi connectivity index (χ2v) is 10.8. The maximum absolute atomic E-state index is 13.7. The predicted octanol–water partition coefficient (Wildman–Crippen LogP) is 7.36. The molecule has 3 aromatic rings. The van der Waals surface area contributed by atoms with Gasteiger partial charge in [0.15, 0.2) is 6.10 Å². The Kier molecular flexibility index (Phi) is 9.34. The van der Waals surface area contributed by atoms with Crippen LogP contribution in [0.1, 0.15) is 77.0 Å². The minimum absolute atomic E-state index is 0.0966. The van der Waals surface area contributed by atoms with Crippen LogP contribution in [0.25, 0.3) is 0 Å². The number of thiophene rings is 1. The number of hydrogen-bond donors (Lipinski definition) is 1. The van der Waals surface area contributed by atoms with E-state index in [4.69, 9.17) is 14.5 Å². The van der Waals surface area contributed by atoms with E-state index in [0.29, 0.717) is 17.9 Å². The van der Waals surface area contributed by atoms with Gasteiger partial charge >= 0.3 is 5.97 Å². The van der Waals surface area contributed by atoms with Crippen LogP contribution in [-0.4, -0.2) is 30.8 Å². The van der Waals surface area contributed by atoms with Crippen LogP contribution in [0.4, 0.5) is 10.7 Å². The summed E-state index contributed by atoms with van der Waals surface area (Å²) in [6.45, 7) is 7.79. The van der Waals surface area contributed by atoms with E-state index in [1.165, 1.54) is 17.7 Å². The van der Waals surface area contributed by atoms with Gasteiger partial charge in [-0.1, -0.05) is 25.0 Å². The van der Waals surface area contributed by atoms with Crippen molar-refractivity contribution in [2.75, 3.05) is 11.9 Å². The molecule has 0 bridgehead atoms. The summed E-state index contributed by atoms with van der Waals surface area (Å²) in [5.41, 5.74) is 5.71. The van der Waals surface area contributed by atoms with Crippen molar-refractivity contribution in [2.24, 2.45) is 4.99 Å². The highest BCUT2D eigenvalue weighted by molar-refractivity contribution is 7.16. The van der Waals surface area contributed by atoms with Gasteiger partial charge in [0.2, 0.25) is 0 Å². The minimum Gasteiger partial charge on any atom is -0.479 e. The standard InChI is InChI=1S/C31H36N2O4S/c1-5-36-31(35)22(4)37-24-16-14-23(15-17-24)19-32-30-28(25-10-8-6-7-9-11-27(25)38-30)29(34)33-26-18-20(2)12-13-21(26)3/h12-19,22H,5-11H2,1-4H3,(H,33,34)/t22-/m0/s1. The third-order valence-corrected chi connectivity index (χ3v) is 7.86. The Labute approximate surface area is 229 Å². The van der Waals surface area contributed by atoms with E-state index in [9.17, 15) is 9.59 Å². The highest BCUT2D eigenvalue weighted by Gasteiger charge is 2.24. The quantitative estimate of drug-likeness (QED) is 0.243. The number of carbonyl (C=O) groups is 2. The lowest BCUT2D eigenvalue weighted by Crippen LogP contribution is -2.26. The Bertz CT molecular complexity index is 1310. The number of esters is 1. The largest absolute Gasteiger partial charge is 0.479 e. The Hall–Kier alpha value is -3.45. The number of ether oxygens (including phenoxy) is 2. The van der Waals surface area contributed by atoms with E-state index >= 15 is 0 Å². The van der Waals surface area contributed by atoms with E-state index in [0.717, 1.165) is 58.6 Å². The van der Waals surface area contributed by atoms with Gasteiger partial charge in [0.25, 0.3) is 5.91 Å². The summed E-state index contributed by atoms with van der Waals surface area (Å²) >= 11 is 1.63. The molecular formula is C31H36N2O4S. The molecule has 1 amide bonds. The van der Waals surface area contributed by atoms with E-state index in [1.54, 1.807) is 43.5 Å². The number of aryl methyl sites for hydroxylation is 3. The highest BCUT2D eigenvalue weighted by atomic mass is 32.1. The molecule has 38 heavy (non-hydrogen) atoms. The molecule has 1 heterocycles. The topological polar surface area (TPSA) is 77.0 Å². The second kappa shape index (κ2) is 12.9. The Morgan fingerprint density at radius 3 is 2.53 bits per heavy atom. The number of fused-ring (bicyclic) bond motifs is 1. The van der Waals surface area contributed by atoms with Crippen molar-refractivity contribution in [1.82, 2.24) is 0 Å². The van der Waals surface area contributed by atoms with E-state index in [1.807, 2.05) is 38.1 Å². The van der Waals surface area contributed by atoms with Gasteiger partial charge in [-0.05, 0) is 106 Å². The fraction of sp³-hybridized carbons (Fsp3) is 0.387.